The van der Waals surface area contributed by atoms with Crippen molar-refractivity contribution in [2.24, 2.45) is 5.92 Å². The van der Waals surface area contributed by atoms with Gasteiger partial charge in [-0.25, -0.2) is 4.79 Å². The van der Waals surface area contributed by atoms with Crippen LogP contribution in [-0.4, -0.2) is 33.9 Å². The first-order chi connectivity index (χ1) is 7.22. The quantitative estimate of drug-likeness (QED) is 0.694. The van der Waals surface area contributed by atoms with Crippen molar-refractivity contribution in [3.8, 4) is 0 Å². The van der Waals surface area contributed by atoms with Gasteiger partial charge in [-0.3, -0.25) is 5.32 Å². The maximum Gasteiger partial charge on any atom is 0.319 e. The molecule has 1 heterocycles. The Morgan fingerprint density at radius 3 is 3.13 bits per heavy atom. The van der Waals surface area contributed by atoms with E-state index in [4.69, 9.17) is 5.11 Å². The van der Waals surface area contributed by atoms with Gasteiger partial charge in [0.1, 0.15) is 5.00 Å². The van der Waals surface area contributed by atoms with E-state index in [0.717, 1.165) is 18.0 Å². The molecule has 7 heteroatoms. The zero-order chi connectivity index (χ0) is 11.1. The molecule has 0 bridgehead atoms. The number of nitrogens with zero attached hydrogens (tertiary/aromatic N) is 2. The summed E-state index contributed by atoms with van der Waals surface area (Å²) in [6.07, 6.45) is 2.24. The molecule has 1 atom stereocenters. The van der Waals surface area contributed by atoms with Crippen molar-refractivity contribution in [2.75, 3.05) is 18.5 Å². The van der Waals surface area contributed by atoms with Crippen LogP contribution in [0.15, 0.2) is 6.20 Å². The Labute approximate surface area is 91.9 Å². The second kappa shape index (κ2) is 6.31. The van der Waals surface area contributed by atoms with Crippen molar-refractivity contribution >= 4 is 22.6 Å². The molecule has 1 rings (SSSR count). The van der Waals surface area contributed by atoms with Crippen LogP contribution < -0.4 is 10.6 Å². The lowest BCUT2D eigenvalue weighted by molar-refractivity contribution is 0.227. The highest BCUT2D eigenvalue weighted by Gasteiger charge is 2.04. The van der Waals surface area contributed by atoms with E-state index >= 15 is 0 Å². The molecule has 0 aromatic carbocycles. The molecule has 0 saturated carbocycles. The zero-order valence-electron chi connectivity index (χ0n) is 8.43. The Morgan fingerprint density at radius 1 is 1.73 bits per heavy atom. The summed E-state index contributed by atoms with van der Waals surface area (Å²) in [5.74, 6) is 0.204. The third-order valence-electron chi connectivity index (χ3n) is 1.83. The standard InChI is InChI=1S/C8H14N4O2S/c1-6(5-13)2-3-9-8(14)11-7-4-10-12-15-7/h4,6,13H,2-3,5H2,1H3,(H2,9,11,14). The van der Waals surface area contributed by atoms with Crippen LogP contribution >= 0.6 is 11.5 Å². The number of aromatic nitrogens is 2. The van der Waals surface area contributed by atoms with Crippen LogP contribution in [0.4, 0.5) is 9.80 Å². The van der Waals surface area contributed by atoms with Crippen molar-refractivity contribution < 1.29 is 9.90 Å². The van der Waals surface area contributed by atoms with Gasteiger partial charge in [-0.15, -0.1) is 5.10 Å². The van der Waals surface area contributed by atoms with E-state index in [1.165, 1.54) is 6.20 Å². The van der Waals surface area contributed by atoms with Crippen LogP contribution in [0.2, 0.25) is 0 Å². The number of carbonyl (C=O) groups is 1. The average Bonchev–Trinajstić information content (AvgIpc) is 2.70. The average molecular weight is 230 g/mol. The van der Waals surface area contributed by atoms with Crippen molar-refractivity contribution in [1.29, 1.82) is 0 Å². The second-order valence-corrected chi connectivity index (χ2v) is 4.02. The normalized spacial score (nSPS) is 12.1. The number of anilines is 1. The number of amides is 2. The molecule has 1 aromatic heterocycles. The summed E-state index contributed by atoms with van der Waals surface area (Å²) >= 11 is 1.12. The predicted octanol–water partition coefficient (Wildman–Crippen LogP) is 0.678. The van der Waals surface area contributed by atoms with Gasteiger partial charge in [-0.2, -0.15) is 0 Å². The smallest absolute Gasteiger partial charge is 0.319 e. The minimum absolute atomic E-state index is 0.141. The lowest BCUT2D eigenvalue weighted by atomic mass is 10.1. The van der Waals surface area contributed by atoms with Crippen LogP contribution in [0.1, 0.15) is 13.3 Å². The molecule has 0 radical (unpaired) electrons. The Bertz CT molecular complexity index is 291. The fourth-order valence-corrected chi connectivity index (χ4v) is 1.32. The van der Waals surface area contributed by atoms with Crippen molar-refractivity contribution in [3.05, 3.63) is 6.20 Å². The summed E-state index contributed by atoms with van der Waals surface area (Å²) in [6.45, 7) is 2.61. The summed E-state index contributed by atoms with van der Waals surface area (Å²) in [5, 5.41) is 18.2. The minimum Gasteiger partial charge on any atom is -0.396 e. The third-order valence-corrected chi connectivity index (χ3v) is 2.41. The van der Waals surface area contributed by atoms with E-state index in [2.05, 4.69) is 20.2 Å². The van der Waals surface area contributed by atoms with E-state index in [9.17, 15) is 4.79 Å². The van der Waals surface area contributed by atoms with Crippen LogP contribution in [0.3, 0.4) is 0 Å². The van der Waals surface area contributed by atoms with Crippen molar-refractivity contribution in [1.82, 2.24) is 14.9 Å². The first-order valence-electron chi connectivity index (χ1n) is 4.65. The van der Waals surface area contributed by atoms with E-state index in [-0.39, 0.29) is 18.6 Å². The number of carbonyl (C=O) groups excluding carboxylic acids is 1. The minimum atomic E-state index is -0.272. The van der Waals surface area contributed by atoms with Gasteiger partial charge in [0.2, 0.25) is 0 Å². The summed E-state index contributed by atoms with van der Waals surface area (Å²) in [5.41, 5.74) is 0. The zero-order valence-corrected chi connectivity index (χ0v) is 9.25. The maximum absolute atomic E-state index is 11.2. The molecule has 0 aliphatic heterocycles. The molecule has 1 aromatic rings. The molecule has 0 aliphatic carbocycles. The van der Waals surface area contributed by atoms with Gasteiger partial charge in [0, 0.05) is 24.7 Å². The Morgan fingerprint density at radius 2 is 2.53 bits per heavy atom. The summed E-state index contributed by atoms with van der Waals surface area (Å²) in [6, 6.07) is -0.272. The molecule has 0 saturated heterocycles. The summed E-state index contributed by atoms with van der Waals surface area (Å²) in [4.78, 5) is 11.2. The van der Waals surface area contributed by atoms with Crippen LogP contribution in [0.5, 0.6) is 0 Å². The molecule has 84 valence electrons. The second-order valence-electron chi connectivity index (χ2n) is 3.24. The first-order valence-corrected chi connectivity index (χ1v) is 5.42. The number of aliphatic hydroxyl groups excluding tert-OH is 1. The molecule has 0 fully saturated rings. The number of nitrogens with one attached hydrogen (secondary N) is 2. The molecular weight excluding hydrogens is 216 g/mol. The van der Waals surface area contributed by atoms with Crippen molar-refractivity contribution in [3.63, 3.8) is 0 Å². The summed E-state index contributed by atoms with van der Waals surface area (Å²) < 4.78 is 3.61. The topological polar surface area (TPSA) is 87.1 Å². The highest BCUT2D eigenvalue weighted by molar-refractivity contribution is 7.10. The van der Waals surface area contributed by atoms with Gasteiger partial charge in [-0.05, 0) is 12.3 Å². The van der Waals surface area contributed by atoms with E-state index in [1.807, 2.05) is 6.92 Å². The van der Waals surface area contributed by atoms with Gasteiger partial charge >= 0.3 is 6.03 Å². The van der Waals surface area contributed by atoms with Gasteiger partial charge in [-0.1, -0.05) is 11.4 Å². The molecule has 0 aliphatic rings. The van der Waals surface area contributed by atoms with Gasteiger partial charge < -0.3 is 10.4 Å². The monoisotopic (exact) mass is 230 g/mol. The fourth-order valence-electron chi connectivity index (χ4n) is 0.902. The highest BCUT2D eigenvalue weighted by atomic mass is 32.1. The number of hydrogen-bond acceptors (Lipinski definition) is 5. The molecule has 3 N–H and O–H groups in total. The Balaban J connectivity index is 2.14. The third kappa shape index (κ3) is 4.71. The summed E-state index contributed by atoms with van der Waals surface area (Å²) in [7, 11) is 0. The molecule has 0 spiro atoms. The number of urea groups is 1. The maximum atomic E-state index is 11.2. The SMILES string of the molecule is CC(CO)CCNC(=O)Nc1cnns1. The van der Waals surface area contributed by atoms with Crippen LogP contribution in [-0.2, 0) is 0 Å². The van der Waals surface area contributed by atoms with Crippen molar-refractivity contribution in [2.45, 2.75) is 13.3 Å². The molecule has 2 amide bonds. The van der Waals surface area contributed by atoms with E-state index in [1.54, 1.807) is 0 Å². The lowest BCUT2D eigenvalue weighted by Crippen LogP contribution is -2.30. The Hall–Kier alpha value is -1.21. The predicted molar refractivity (Wildman–Crippen MR) is 57.8 cm³/mol. The highest BCUT2D eigenvalue weighted by Crippen LogP contribution is 2.08. The number of rotatable bonds is 5. The number of hydrogen-bond donors (Lipinski definition) is 3. The lowest BCUT2D eigenvalue weighted by Gasteiger charge is -2.08. The fraction of sp³-hybridized carbons (Fsp3) is 0.625. The van der Waals surface area contributed by atoms with Crippen LogP contribution in [0.25, 0.3) is 0 Å². The number of aliphatic hydroxyl groups is 1. The molecule has 15 heavy (non-hydrogen) atoms. The first kappa shape index (κ1) is 11.9. The van der Waals surface area contributed by atoms with E-state index < -0.39 is 0 Å². The molecular formula is C8H14N4O2S. The Kier molecular flexibility index (Phi) is 4.99. The van der Waals surface area contributed by atoms with Gasteiger partial charge in [0.15, 0.2) is 0 Å². The van der Waals surface area contributed by atoms with Crippen LogP contribution in [0, 0.1) is 5.92 Å². The van der Waals surface area contributed by atoms with E-state index in [0.29, 0.717) is 11.5 Å². The molecule has 6 nitrogen and oxygen atoms in total. The van der Waals surface area contributed by atoms with Gasteiger partial charge in [0.25, 0.3) is 0 Å². The van der Waals surface area contributed by atoms with Gasteiger partial charge in [0.05, 0.1) is 6.20 Å². The largest absolute Gasteiger partial charge is 0.396 e. The molecule has 1 unspecified atom stereocenters.